The highest BCUT2D eigenvalue weighted by molar-refractivity contribution is 5.20. The van der Waals surface area contributed by atoms with Gasteiger partial charge in [0.25, 0.3) is 0 Å². The monoisotopic (exact) mass is 239 g/mol. The Balaban J connectivity index is 2.18. The van der Waals surface area contributed by atoms with Gasteiger partial charge in [0, 0.05) is 6.07 Å². The molecule has 2 rings (SSSR count). The molecular weight excluding hydrogens is 228 g/mol. The highest BCUT2D eigenvalue weighted by atomic mass is 19.1. The lowest BCUT2D eigenvalue weighted by Crippen LogP contribution is -2.30. The van der Waals surface area contributed by atoms with Crippen molar-refractivity contribution in [1.29, 1.82) is 0 Å². The van der Waals surface area contributed by atoms with Crippen molar-refractivity contribution in [2.24, 2.45) is 5.84 Å². The summed E-state index contributed by atoms with van der Waals surface area (Å²) in [7, 11) is 0. The van der Waals surface area contributed by atoms with Crippen LogP contribution in [0.25, 0.3) is 0 Å². The Morgan fingerprint density at radius 2 is 2.00 bits per heavy atom. The minimum Gasteiger partial charge on any atom is -0.271 e. The summed E-state index contributed by atoms with van der Waals surface area (Å²) in [5.41, 5.74) is 3.60. The van der Waals surface area contributed by atoms with Gasteiger partial charge < -0.3 is 0 Å². The minimum absolute atomic E-state index is 0.317. The molecule has 1 aromatic carbocycles. The first-order valence-corrected chi connectivity index (χ1v) is 4.96. The van der Waals surface area contributed by atoms with Gasteiger partial charge in [0.2, 0.25) is 0 Å². The van der Waals surface area contributed by atoms with Gasteiger partial charge in [-0.1, -0.05) is 0 Å². The van der Waals surface area contributed by atoms with Crippen LogP contribution >= 0.6 is 0 Å². The summed E-state index contributed by atoms with van der Waals surface area (Å²) in [5, 5.41) is 9.96. The molecule has 1 atom stereocenters. The van der Waals surface area contributed by atoms with Crippen LogP contribution in [-0.4, -0.2) is 15.4 Å². The summed E-state index contributed by atoms with van der Waals surface area (Å²) in [6, 6.07) is 2.99. The molecule has 1 heterocycles. The maximum Gasteiger partial charge on any atom is 0.126 e. The van der Waals surface area contributed by atoms with Crippen LogP contribution in [-0.2, 0) is 6.42 Å². The second-order valence-electron chi connectivity index (χ2n) is 3.60. The molecule has 17 heavy (non-hydrogen) atoms. The van der Waals surface area contributed by atoms with Crippen molar-refractivity contribution >= 4 is 0 Å². The van der Waals surface area contributed by atoms with Crippen LogP contribution in [0.15, 0.2) is 24.4 Å². The van der Waals surface area contributed by atoms with Crippen LogP contribution in [0.2, 0.25) is 0 Å². The quantitative estimate of drug-likeness (QED) is 0.545. The van der Waals surface area contributed by atoms with Gasteiger partial charge in [0.1, 0.15) is 17.3 Å². The van der Waals surface area contributed by atoms with Gasteiger partial charge in [0.15, 0.2) is 0 Å². The molecule has 1 unspecified atom stereocenters. The van der Waals surface area contributed by atoms with E-state index in [1.807, 2.05) is 0 Å². The van der Waals surface area contributed by atoms with Crippen LogP contribution in [0.1, 0.15) is 17.3 Å². The molecule has 2 aromatic rings. The Morgan fingerprint density at radius 1 is 1.29 bits per heavy atom. The van der Waals surface area contributed by atoms with Gasteiger partial charge in [-0.25, -0.2) is 8.78 Å². The number of nitrogens with two attached hydrogens (primary N) is 1. The third kappa shape index (κ3) is 2.83. The number of nitrogens with zero attached hydrogens (tertiary/aromatic N) is 2. The summed E-state index contributed by atoms with van der Waals surface area (Å²) < 4.78 is 26.0. The van der Waals surface area contributed by atoms with E-state index in [9.17, 15) is 8.78 Å². The van der Waals surface area contributed by atoms with Crippen LogP contribution in [0.3, 0.4) is 0 Å². The molecule has 7 heteroatoms. The number of aromatic amines is 1. The first-order chi connectivity index (χ1) is 8.19. The Kier molecular flexibility index (Phi) is 3.40. The second kappa shape index (κ2) is 4.98. The molecule has 0 aliphatic carbocycles. The number of benzene rings is 1. The molecular formula is C10H11F2N5. The van der Waals surface area contributed by atoms with E-state index in [1.165, 1.54) is 18.3 Å². The van der Waals surface area contributed by atoms with Gasteiger partial charge >= 0.3 is 0 Å². The van der Waals surface area contributed by atoms with E-state index in [-0.39, 0.29) is 6.04 Å². The Bertz CT molecular complexity index is 465. The zero-order valence-electron chi connectivity index (χ0n) is 8.82. The number of hydrogen-bond acceptors (Lipinski definition) is 4. The van der Waals surface area contributed by atoms with Crippen molar-refractivity contribution < 1.29 is 8.78 Å². The number of hydrazine groups is 1. The maximum atomic E-state index is 13.0. The molecule has 1 aromatic heterocycles. The molecule has 4 N–H and O–H groups in total. The zero-order chi connectivity index (χ0) is 12.3. The largest absolute Gasteiger partial charge is 0.271 e. The molecule has 0 fully saturated rings. The average molecular weight is 239 g/mol. The molecule has 0 aliphatic heterocycles. The normalized spacial score (nSPS) is 12.6. The summed E-state index contributed by atoms with van der Waals surface area (Å²) in [5.74, 6) is 4.14. The van der Waals surface area contributed by atoms with Gasteiger partial charge in [-0.15, -0.1) is 0 Å². The highest BCUT2D eigenvalue weighted by Crippen LogP contribution is 2.16. The van der Waals surface area contributed by atoms with Crippen LogP contribution in [0.4, 0.5) is 8.78 Å². The van der Waals surface area contributed by atoms with Crippen molar-refractivity contribution in [2.75, 3.05) is 0 Å². The van der Waals surface area contributed by atoms with E-state index in [4.69, 9.17) is 5.84 Å². The number of hydrogen-bond donors (Lipinski definition) is 3. The SMILES string of the molecule is NNC(Cc1cc(F)cc(F)c1)c1cn[nH]n1. The minimum atomic E-state index is -0.615. The molecule has 0 aliphatic rings. The van der Waals surface area contributed by atoms with Gasteiger partial charge in [-0.3, -0.25) is 11.3 Å². The molecule has 0 radical (unpaired) electrons. The van der Waals surface area contributed by atoms with Crippen molar-refractivity contribution in [3.05, 3.63) is 47.3 Å². The number of rotatable bonds is 4. The third-order valence-electron chi connectivity index (χ3n) is 2.35. The number of aromatic nitrogens is 3. The zero-order valence-corrected chi connectivity index (χ0v) is 8.82. The van der Waals surface area contributed by atoms with E-state index in [2.05, 4.69) is 20.8 Å². The maximum absolute atomic E-state index is 13.0. The third-order valence-corrected chi connectivity index (χ3v) is 2.35. The van der Waals surface area contributed by atoms with E-state index in [0.29, 0.717) is 17.7 Å². The van der Waals surface area contributed by atoms with Crippen molar-refractivity contribution in [3.63, 3.8) is 0 Å². The molecule has 90 valence electrons. The van der Waals surface area contributed by atoms with E-state index < -0.39 is 11.6 Å². The summed E-state index contributed by atoms with van der Waals surface area (Å²) in [4.78, 5) is 0. The summed E-state index contributed by atoms with van der Waals surface area (Å²) >= 11 is 0. The number of halogens is 2. The fourth-order valence-electron chi connectivity index (χ4n) is 1.59. The van der Waals surface area contributed by atoms with E-state index in [0.717, 1.165) is 6.07 Å². The lowest BCUT2D eigenvalue weighted by atomic mass is 10.0. The molecule has 5 nitrogen and oxygen atoms in total. The van der Waals surface area contributed by atoms with Crippen LogP contribution in [0, 0.1) is 11.6 Å². The molecule has 0 bridgehead atoms. The van der Waals surface area contributed by atoms with Gasteiger partial charge in [0.05, 0.1) is 12.2 Å². The predicted molar refractivity (Wildman–Crippen MR) is 56.5 cm³/mol. The topological polar surface area (TPSA) is 79.6 Å². The summed E-state index contributed by atoms with van der Waals surface area (Å²) in [6.07, 6.45) is 1.82. The van der Waals surface area contributed by atoms with E-state index >= 15 is 0 Å². The van der Waals surface area contributed by atoms with Crippen LogP contribution < -0.4 is 11.3 Å². The molecule has 0 saturated carbocycles. The molecule has 0 amide bonds. The molecule has 0 saturated heterocycles. The standard InChI is InChI=1S/C10H11F2N5/c11-7-1-6(2-8(12)4-7)3-9(15-13)10-5-14-17-16-10/h1-2,4-5,9,15H,3,13H2,(H,14,16,17). The Hall–Kier alpha value is -1.86. The lowest BCUT2D eigenvalue weighted by molar-refractivity contribution is 0.528. The Morgan fingerprint density at radius 3 is 2.53 bits per heavy atom. The van der Waals surface area contributed by atoms with Crippen molar-refractivity contribution in [3.8, 4) is 0 Å². The lowest BCUT2D eigenvalue weighted by Gasteiger charge is -2.12. The molecule has 0 spiro atoms. The Labute approximate surface area is 96.0 Å². The van der Waals surface area contributed by atoms with Crippen molar-refractivity contribution in [2.45, 2.75) is 12.5 Å². The average Bonchev–Trinajstić information content (AvgIpc) is 2.77. The fraction of sp³-hybridized carbons (Fsp3) is 0.200. The summed E-state index contributed by atoms with van der Waals surface area (Å²) in [6.45, 7) is 0. The fourth-order valence-corrected chi connectivity index (χ4v) is 1.59. The smallest absolute Gasteiger partial charge is 0.126 e. The highest BCUT2D eigenvalue weighted by Gasteiger charge is 2.14. The number of H-pyrrole nitrogens is 1. The number of nitrogens with one attached hydrogen (secondary N) is 2. The predicted octanol–water partition coefficient (Wildman–Crippen LogP) is 0.830. The van der Waals surface area contributed by atoms with Gasteiger partial charge in [-0.05, 0) is 24.1 Å². The van der Waals surface area contributed by atoms with Gasteiger partial charge in [-0.2, -0.15) is 15.4 Å². The van der Waals surface area contributed by atoms with Crippen molar-refractivity contribution in [1.82, 2.24) is 20.8 Å². The van der Waals surface area contributed by atoms with Crippen LogP contribution in [0.5, 0.6) is 0 Å². The first kappa shape index (κ1) is 11.6. The first-order valence-electron chi connectivity index (χ1n) is 4.96. The second-order valence-corrected chi connectivity index (χ2v) is 3.60. The van der Waals surface area contributed by atoms with E-state index in [1.54, 1.807) is 0 Å².